The van der Waals surface area contributed by atoms with Gasteiger partial charge in [0.1, 0.15) is 17.9 Å². The third kappa shape index (κ3) is 9.80. The van der Waals surface area contributed by atoms with Crippen LogP contribution in [0.3, 0.4) is 0 Å². The number of nitrogens with two attached hydrogens (primary N) is 1. The van der Waals surface area contributed by atoms with Gasteiger partial charge in [0.25, 0.3) is 5.97 Å². The topological polar surface area (TPSA) is 183 Å². The van der Waals surface area contributed by atoms with Gasteiger partial charge in [-0.15, -0.1) is 0 Å². The minimum atomic E-state index is -3.71. The van der Waals surface area contributed by atoms with Crippen molar-refractivity contribution in [3.63, 3.8) is 0 Å². The molecule has 0 radical (unpaired) electrons. The number of hydrogen-bond acceptors (Lipinski definition) is 6. The number of amidine groups is 1. The Balaban J connectivity index is 0.00000124. The van der Waals surface area contributed by atoms with Gasteiger partial charge in [-0.1, -0.05) is 54.6 Å². The molecule has 0 saturated carbocycles. The highest BCUT2D eigenvalue weighted by Crippen LogP contribution is 2.20. The number of rotatable bonds is 10. The molecule has 2 atom stereocenters. The molecule has 0 spiro atoms. The molecule has 3 rings (SSSR count). The lowest BCUT2D eigenvalue weighted by Crippen LogP contribution is -2.54. The van der Waals surface area contributed by atoms with E-state index in [9.17, 15) is 18.0 Å². The summed E-state index contributed by atoms with van der Waals surface area (Å²) in [5, 5.41) is 17.1. The molecule has 2 aromatic rings. The zero-order valence-corrected chi connectivity index (χ0v) is 23.2. The van der Waals surface area contributed by atoms with Crippen molar-refractivity contribution in [2.75, 3.05) is 6.54 Å². The molecule has 0 aromatic heterocycles. The van der Waals surface area contributed by atoms with Crippen LogP contribution in [0, 0.1) is 5.41 Å². The number of amides is 2. The van der Waals surface area contributed by atoms with Gasteiger partial charge in [0, 0.05) is 25.6 Å². The van der Waals surface area contributed by atoms with E-state index in [4.69, 9.17) is 21.0 Å². The zero-order valence-electron chi connectivity index (χ0n) is 22.4. The number of carbonyl (C=O) groups is 3. The molecule has 1 saturated heterocycles. The van der Waals surface area contributed by atoms with Crippen molar-refractivity contribution in [1.82, 2.24) is 14.9 Å². The molecule has 39 heavy (non-hydrogen) atoms. The van der Waals surface area contributed by atoms with Crippen LogP contribution in [-0.2, 0) is 37.4 Å². The van der Waals surface area contributed by atoms with E-state index < -0.39 is 39.2 Å². The maximum Gasteiger partial charge on any atom is 0.300 e. The highest BCUT2D eigenvalue weighted by atomic mass is 32.2. The first kappa shape index (κ1) is 31.4. The smallest absolute Gasteiger partial charge is 0.300 e. The van der Waals surface area contributed by atoms with Crippen LogP contribution in [0.1, 0.15) is 50.3 Å². The standard InChI is InChI=1S/C25H33N5O4S.C2H4O2/c1-17(2)35(33,34)29-21(15-18-7-4-3-5-8-18)25(32)30-14-6-9-22(30)24(31)28-16-19-10-12-20(13-11-19)23(26)27;1-2(3)4/h3-5,7-8,10-13,17,21-22,29H,6,9,14-16H2,1-2H3,(H3,26,27)(H,28,31);1H3,(H,3,4)/t21-,22+;/m1./s1. The van der Waals surface area contributed by atoms with Crippen LogP contribution in [0.4, 0.5) is 0 Å². The van der Waals surface area contributed by atoms with E-state index in [1.165, 1.54) is 4.90 Å². The van der Waals surface area contributed by atoms with E-state index in [0.717, 1.165) is 18.1 Å². The van der Waals surface area contributed by atoms with Crippen molar-refractivity contribution < 1.29 is 27.9 Å². The molecule has 12 heteroatoms. The number of carboxylic acids is 1. The average molecular weight is 560 g/mol. The number of nitrogen functional groups attached to an aromatic ring is 1. The Kier molecular flexibility index (Phi) is 11.6. The monoisotopic (exact) mass is 559 g/mol. The summed E-state index contributed by atoms with van der Waals surface area (Å²) in [6.07, 6.45) is 1.36. The number of carboxylic acid groups (broad SMARTS) is 1. The lowest BCUT2D eigenvalue weighted by atomic mass is 10.0. The van der Waals surface area contributed by atoms with Crippen molar-refractivity contribution in [2.24, 2.45) is 5.73 Å². The van der Waals surface area contributed by atoms with Crippen molar-refractivity contribution in [2.45, 2.75) is 63.9 Å². The lowest BCUT2D eigenvalue weighted by molar-refractivity contribution is -0.139. The fourth-order valence-corrected chi connectivity index (χ4v) is 4.83. The van der Waals surface area contributed by atoms with E-state index in [1.807, 2.05) is 30.3 Å². The van der Waals surface area contributed by atoms with E-state index >= 15 is 0 Å². The number of aliphatic carboxylic acids is 1. The van der Waals surface area contributed by atoms with Crippen LogP contribution in [-0.4, -0.2) is 65.9 Å². The molecule has 2 amide bonds. The number of nitrogens with zero attached hydrogens (tertiary/aromatic N) is 1. The second-order valence-corrected chi connectivity index (χ2v) is 11.8. The number of sulfonamides is 1. The molecular formula is C27H37N5O6S. The fourth-order valence-electron chi connectivity index (χ4n) is 3.98. The number of likely N-dealkylation sites (tertiary alicyclic amines) is 1. The van der Waals surface area contributed by atoms with Crippen LogP contribution < -0.4 is 15.8 Å². The Labute approximate surface area is 229 Å². The van der Waals surface area contributed by atoms with Gasteiger partial charge in [-0.05, 0) is 44.2 Å². The molecule has 1 fully saturated rings. The van der Waals surface area contributed by atoms with Crippen molar-refractivity contribution >= 4 is 33.6 Å². The van der Waals surface area contributed by atoms with E-state index in [0.29, 0.717) is 24.9 Å². The van der Waals surface area contributed by atoms with Crippen LogP contribution in [0.15, 0.2) is 54.6 Å². The molecule has 0 unspecified atom stereocenters. The van der Waals surface area contributed by atoms with Crippen molar-refractivity contribution in [3.8, 4) is 0 Å². The van der Waals surface area contributed by atoms with Crippen LogP contribution >= 0.6 is 0 Å². The SMILES string of the molecule is CC(=O)O.CC(C)S(=O)(=O)N[C@H](Cc1ccccc1)C(=O)N1CCC[C@H]1C(=O)NCc1ccc(C(=N)N)cc1. The van der Waals surface area contributed by atoms with Gasteiger partial charge in [0.2, 0.25) is 21.8 Å². The van der Waals surface area contributed by atoms with E-state index in [1.54, 1.807) is 38.1 Å². The van der Waals surface area contributed by atoms with Gasteiger partial charge in [0.15, 0.2) is 0 Å². The third-order valence-electron chi connectivity index (χ3n) is 6.08. The minimum absolute atomic E-state index is 0.0288. The van der Waals surface area contributed by atoms with Gasteiger partial charge in [0.05, 0.1) is 5.25 Å². The summed E-state index contributed by atoms with van der Waals surface area (Å²) >= 11 is 0. The predicted molar refractivity (Wildman–Crippen MR) is 148 cm³/mol. The van der Waals surface area contributed by atoms with Gasteiger partial charge >= 0.3 is 0 Å². The van der Waals surface area contributed by atoms with Crippen LogP contribution in [0.2, 0.25) is 0 Å². The fraction of sp³-hybridized carbons (Fsp3) is 0.407. The molecule has 2 aromatic carbocycles. The van der Waals surface area contributed by atoms with Gasteiger partial charge in [-0.3, -0.25) is 19.8 Å². The van der Waals surface area contributed by atoms with E-state index in [-0.39, 0.29) is 24.7 Å². The lowest BCUT2D eigenvalue weighted by Gasteiger charge is -2.29. The molecule has 1 aliphatic heterocycles. The molecule has 6 N–H and O–H groups in total. The molecule has 0 bridgehead atoms. The molecule has 1 aliphatic rings. The summed E-state index contributed by atoms with van der Waals surface area (Å²) in [6, 6.07) is 14.5. The second kappa shape index (κ2) is 14.4. The maximum absolute atomic E-state index is 13.5. The minimum Gasteiger partial charge on any atom is -0.481 e. The third-order valence-corrected chi connectivity index (χ3v) is 7.93. The average Bonchev–Trinajstić information content (AvgIpc) is 3.37. The second-order valence-electron chi connectivity index (χ2n) is 9.49. The molecule has 1 heterocycles. The Morgan fingerprint density at radius 1 is 1.08 bits per heavy atom. The largest absolute Gasteiger partial charge is 0.481 e. The summed E-state index contributed by atoms with van der Waals surface area (Å²) in [7, 11) is -3.71. The number of hydrogen-bond donors (Lipinski definition) is 5. The molecular weight excluding hydrogens is 522 g/mol. The first-order valence-electron chi connectivity index (χ1n) is 12.6. The Hall–Kier alpha value is -3.77. The first-order chi connectivity index (χ1) is 18.3. The highest BCUT2D eigenvalue weighted by Gasteiger charge is 2.38. The number of carbonyl (C=O) groups excluding carboxylic acids is 2. The number of benzene rings is 2. The highest BCUT2D eigenvalue weighted by molar-refractivity contribution is 7.90. The van der Waals surface area contributed by atoms with Gasteiger partial charge < -0.3 is 21.1 Å². The molecule has 11 nitrogen and oxygen atoms in total. The number of nitrogens with one attached hydrogen (secondary N) is 3. The predicted octanol–water partition coefficient (Wildman–Crippen LogP) is 1.61. The summed E-state index contributed by atoms with van der Waals surface area (Å²) in [6.45, 7) is 4.85. The summed E-state index contributed by atoms with van der Waals surface area (Å²) < 4.78 is 27.8. The maximum atomic E-state index is 13.5. The Morgan fingerprint density at radius 3 is 2.21 bits per heavy atom. The molecule has 0 aliphatic carbocycles. The Bertz CT molecular complexity index is 1250. The quantitative estimate of drug-likeness (QED) is 0.216. The van der Waals surface area contributed by atoms with E-state index in [2.05, 4.69) is 10.0 Å². The van der Waals surface area contributed by atoms with Gasteiger partial charge in [-0.2, -0.15) is 0 Å². The summed E-state index contributed by atoms with van der Waals surface area (Å²) in [4.78, 5) is 37.0. The molecule has 212 valence electrons. The van der Waals surface area contributed by atoms with Crippen LogP contribution in [0.5, 0.6) is 0 Å². The van der Waals surface area contributed by atoms with Crippen molar-refractivity contribution in [1.29, 1.82) is 5.41 Å². The van der Waals surface area contributed by atoms with Crippen molar-refractivity contribution in [3.05, 3.63) is 71.3 Å². The summed E-state index contributed by atoms with van der Waals surface area (Å²) in [5.41, 5.74) is 7.74. The first-order valence-corrected chi connectivity index (χ1v) is 14.1. The zero-order chi connectivity index (χ0) is 29.2. The van der Waals surface area contributed by atoms with Gasteiger partial charge in [-0.25, -0.2) is 13.1 Å². The van der Waals surface area contributed by atoms with Crippen LogP contribution in [0.25, 0.3) is 0 Å². The normalized spacial score (nSPS) is 15.7. The summed E-state index contributed by atoms with van der Waals surface area (Å²) in [5.74, 6) is -1.54. The Morgan fingerprint density at radius 2 is 1.67 bits per heavy atom.